The second kappa shape index (κ2) is 4.27. The van der Waals surface area contributed by atoms with E-state index in [-0.39, 0.29) is 11.3 Å². The van der Waals surface area contributed by atoms with E-state index < -0.39 is 28.0 Å². The fourth-order valence-electron chi connectivity index (χ4n) is 1.40. The molecule has 0 radical (unpaired) electrons. The molecule has 6 nitrogen and oxygen atoms in total. The zero-order valence-electron chi connectivity index (χ0n) is 8.62. The summed E-state index contributed by atoms with van der Waals surface area (Å²) in [5, 5.41) is 1.97. The van der Waals surface area contributed by atoms with Gasteiger partial charge in [-0.3, -0.25) is 19.1 Å². The lowest BCUT2D eigenvalue weighted by atomic mass is 10.3. The number of carbonyl (C=O) groups is 2. The van der Waals surface area contributed by atoms with Gasteiger partial charge in [0, 0.05) is 0 Å². The van der Waals surface area contributed by atoms with Crippen LogP contribution in [-0.4, -0.2) is 26.3 Å². The molecule has 2 rings (SSSR count). The van der Waals surface area contributed by atoms with Crippen LogP contribution in [0.4, 0.5) is 0 Å². The van der Waals surface area contributed by atoms with Crippen molar-refractivity contribution in [2.24, 2.45) is 0 Å². The number of imide groups is 1. The van der Waals surface area contributed by atoms with Gasteiger partial charge in [0.15, 0.2) is 6.10 Å². The highest BCUT2D eigenvalue weighted by Gasteiger charge is 2.35. The van der Waals surface area contributed by atoms with E-state index in [2.05, 4.69) is 0 Å². The molecule has 1 atom stereocenters. The Morgan fingerprint density at radius 3 is 2.35 bits per heavy atom. The number of carbonyl (C=O) groups excluding carboxylic acids is 2. The third kappa shape index (κ3) is 2.51. The molecule has 0 bridgehead atoms. The van der Waals surface area contributed by atoms with Gasteiger partial charge in [0.25, 0.3) is 16.0 Å². The molecule has 90 valence electrons. The average molecular weight is 255 g/mol. The Bertz CT molecular complexity index is 551. The first kappa shape index (κ1) is 11.7. The number of rotatable bonds is 3. The van der Waals surface area contributed by atoms with Gasteiger partial charge in [0.1, 0.15) is 0 Å². The smallest absolute Gasteiger partial charge is 0.294 e. The van der Waals surface area contributed by atoms with Gasteiger partial charge in [-0.15, -0.1) is 0 Å². The number of hydrogen-bond donors (Lipinski definition) is 1. The van der Waals surface area contributed by atoms with Gasteiger partial charge < -0.3 is 0 Å². The lowest BCUT2D eigenvalue weighted by molar-refractivity contribution is -0.126. The molecule has 1 aliphatic rings. The molecule has 2 amide bonds. The minimum absolute atomic E-state index is 0.0489. The van der Waals surface area contributed by atoms with Gasteiger partial charge in [-0.2, -0.15) is 8.42 Å². The minimum Gasteiger partial charge on any atom is -0.294 e. The lowest BCUT2D eigenvalue weighted by Gasteiger charge is -2.08. The van der Waals surface area contributed by atoms with Crippen molar-refractivity contribution in [3.8, 4) is 0 Å². The molecule has 1 N–H and O–H groups in total. The summed E-state index contributed by atoms with van der Waals surface area (Å²) < 4.78 is 28.2. The van der Waals surface area contributed by atoms with Crippen molar-refractivity contribution < 1.29 is 22.2 Å². The molecule has 0 aliphatic carbocycles. The Hall–Kier alpha value is -1.73. The standard InChI is InChI=1S/C10H9NO5S/c12-9-6-8(10(13)11-9)16-17(14,15)7-4-2-1-3-5-7/h1-5,8H,6H2,(H,11,12,13). The van der Waals surface area contributed by atoms with E-state index in [0.29, 0.717) is 0 Å². The van der Waals surface area contributed by atoms with Crippen molar-refractivity contribution in [1.82, 2.24) is 5.32 Å². The van der Waals surface area contributed by atoms with Gasteiger partial charge in [0.2, 0.25) is 5.91 Å². The fourth-order valence-corrected chi connectivity index (χ4v) is 2.47. The third-order valence-corrected chi connectivity index (χ3v) is 3.54. The predicted octanol–water partition coefficient (Wildman–Crippen LogP) is -0.193. The number of hydrogen-bond acceptors (Lipinski definition) is 5. The van der Waals surface area contributed by atoms with E-state index >= 15 is 0 Å². The zero-order valence-corrected chi connectivity index (χ0v) is 9.44. The van der Waals surface area contributed by atoms with E-state index in [1.165, 1.54) is 24.3 Å². The van der Waals surface area contributed by atoms with Crippen molar-refractivity contribution >= 4 is 21.9 Å². The van der Waals surface area contributed by atoms with E-state index in [4.69, 9.17) is 4.18 Å². The molecule has 1 aromatic carbocycles. The number of nitrogens with one attached hydrogen (secondary N) is 1. The van der Waals surface area contributed by atoms with Gasteiger partial charge in [0.05, 0.1) is 11.3 Å². The molecule has 0 saturated carbocycles. The van der Waals surface area contributed by atoms with Gasteiger partial charge in [-0.05, 0) is 12.1 Å². The molecule has 1 aromatic rings. The maximum absolute atomic E-state index is 11.7. The Kier molecular flexibility index (Phi) is 2.95. The first-order valence-electron chi connectivity index (χ1n) is 4.81. The molecule has 1 saturated heterocycles. The highest BCUT2D eigenvalue weighted by Crippen LogP contribution is 2.17. The first-order valence-corrected chi connectivity index (χ1v) is 6.22. The molecule has 1 aliphatic heterocycles. The Morgan fingerprint density at radius 1 is 1.18 bits per heavy atom. The van der Waals surface area contributed by atoms with Crippen molar-refractivity contribution in [3.05, 3.63) is 30.3 Å². The van der Waals surface area contributed by atoms with E-state index in [0.717, 1.165) is 0 Å². The molecular weight excluding hydrogens is 246 g/mol. The summed E-state index contributed by atoms with van der Waals surface area (Å²) in [5.41, 5.74) is 0. The van der Waals surface area contributed by atoms with Crippen LogP contribution in [0.1, 0.15) is 6.42 Å². The van der Waals surface area contributed by atoms with Crippen molar-refractivity contribution in [1.29, 1.82) is 0 Å². The van der Waals surface area contributed by atoms with Crippen LogP contribution in [0.15, 0.2) is 35.2 Å². The van der Waals surface area contributed by atoms with Crippen LogP contribution in [0.5, 0.6) is 0 Å². The lowest BCUT2D eigenvalue weighted by Crippen LogP contribution is -2.28. The highest BCUT2D eigenvalue weighted by atomic mass is 32.2. The van der Waals surface area contributed by atoms with E-state index in [1.807, 2.05) is 5.32 Å². The van der Waals surface area contributed by atoms with E-state index in [1.54, 1.807) is 6.07 Å². The molecule has 1 fully saturated rings. The van der Waals surface area contributed by atoms with Crippen LogP contribution in [0.25, 0.3) is 0 Å². The largest absolute Gasteiger partial charge is 0.297 e. The summed E-state index contributed by atoms with van der Waals surface area (Å²) in [6, 6.07) is 7.44. The van der Waals surface area contributed by atoms with Crippen molar-refractivity contribution in [3.63, 3.8) is 0 Å². The monoisotopic (exact) mass is 255 g/mol. The molecule has 0 aromatic heterocycles. The van der Waals surface area contributed by atoms with Crippen molar-refractivity contribution in [2.45, 2.75) is 17.4 Å². The maximum Gasteiger partial charge on any atom is 0.297 e. The molecule has 17 heavy (non-hydrogen) atoms. The molecular formula is C10H9NO5S. The normalized spacial score (nSPS) is 20.4. The average Bonchev–Trinajstić information content (AvgIpc) is 2.58. The predicted molar refractivity (Wildman–Crippen MR) is 56.3 cm³/mol. The fraction of sp³-hybridized carbons (Fsp3) is 0.200. The van der Waals surface area contributed by atoms with Gasteiger partial charge in [-0.25, -0.2) is 0 Å². The summed E-state index contributed by atoms with van der Waals surface area (Å²) in [5.74, 6) is -1.27. The minimum atomic E-state index is -4.01. The summed E-state index contributed by atoms with van der Waals surface area (Å²) >= 11 is 0. The molecule has 1 unspecified atom stereocenters. The quantitative estimate of drug-likeness (QED) is 0.597. The van der Waals surface area contributed by atoms with Crippen molar-refractivity contribution in [2.75, 3.05) is 0 Å². The van der Waals surface area contributed by atoms with Gasteiger partial charge >= 0.3 is 0 Å². The van der Waals surface area contributed by atoms with Crippen LogP contribution in [0.3, 0.4) is 0 Å². The van der Waals surface area contributed by atoms with Gasteiger partial charge in [-0.1, -0.05) is 18.2 Å². The molecule has 0 spiro atoms. The van der Waals surface area contributed by atoms with Crippen LogP contribution in [0.2, 0.25) is 0 Å². The number of amides is 2. The summed E-state index contributed by atoms with van der Waals surface area (Å²) in [4.78, 5) is 22.0. The van der Waals surface area contributed by atoms with Crippen LogP contribution in [-0.2, 0) is 23.9 Å². The maximum atomic E-state index is 11.7. The number of benzene rings is 1. The summed E-state index contributed by atoms with van der Waals surface area (Å²) in [6.45, 7) is 0. The second-order valence-corrected chi connectivity index (χ2v) is 5.04. The second-order valence-electron chi connectivity index (χ2n) is 3.47. The first-order chi connectivity index (χ1) is 7.99. The summed E-state index contributed by atoms with van der Waals surface area (Å²) in [6.07, 6.45) is -1.54. The van der Waals surface area contributed by atoms with Crippen LogP contribution < -0.4 is 5.32 Å². The molecule has 7 heteroatoms. The Labute approximate surface area is 97.7 Å². The Morgan fingerprint density at radius 2 is 1.82 bits per heavy atom. The molecule has 1 heterocycles. The highest BCUT2D eigenvalue weighted by molar-refractivity contribution is 7.86. The third-order valence-electron chi connectivity index (χ3n) is 2.20. The Balaban J connectivity index is 2.19. The zero-order chi connectivity index (χ0) is 12.5. The van der Waals surface area contributed by atoms with Crippen LogP contribution in [0, 0.1) is 0 Å². The topological polar surface area (TPSA) is 89.5 Å². The van der Waals surface area contributed by atoms with Crippen LogP contribution >= 0.6 is 0 Å². The summed E-state index contributed by atoms with van der Waals surface area (Å²) in [7, 11) is -4.01. The SMILES string of the molecule is O=C1CC(OS(=O)(=O)c2ccccc2)C(=O)N1. The van der Waals surface area contributed by atoms with E-state index in [9.17, 15) is 18.0 Å².